The van der Waals surface area contributed by atoms with Gasteiger partial charge in [-0.05, 0) is 46.0 Å². The summed E-state index contributed by atoms with van der Waals surface area (Å²) in [6, 6.07) is 0.941. The lowest BCUT2D eigenvalue weighted by Gasteiger charge is -2.35. The number of aryl methyl sites for hydroxylation is 1. The van der Waals surface area contributed by atoms with Gasteiger partial charge >= 0.3 is 6.03 Å². The Labute approximate surface area is 117 Å². The topological polar surface area (TPSA) is 58.1 Å². The SMILES string of the molecule is Cc1nnc(C(C)NC(=O)N2C3CCCC2CC3)s1. The summed E-state index contributed by atoms with van der Waals surface area (Å²) in [4.78, 5) is 14.5. The maximum absolute atomic E-state index is 12.4. The van der Waals surface area contributed by atoms with Crippen molar-refractivity contribution in [3.8, 4) is 0 Å². The summed E-state index contributed by atoms with van der Waals surface area (Å²) < 4.78 is 0. The molecule has 0 aliphatic carbocycles. The molecule has 0 spiro atoms. The highest BCUT2D eigenvalue weighted by molar-refractivity contribution is 7.11. The predicted octanol–water partition coefficient (Wildman–Crippen LogP) is 2.63. The van der Waals surface area contributed by atoms with Crippen molar-refractivity contribution in [1.82, 2.24) is 20.4 Å². The minimum Gasteiger partial charge on any atom is -0.329 e. The van der Waals surface area contributed by atoms with Crippen LogP contribution in [0.1, 0.15) is 55.1 Å². The van der Waals surface area contributed by atoms with Crippen LogP contribution in [0.5, 0.6) is 0 Å². The van der Waals surface area contributed by atoms with Crippen molar-refractivity contribution in [1.29, 1.82) is 0 Å². The molecule has 3 rings (SSSR count). The normalized spacial score (nSPS) is 27.4. The van der Waals surface area contributed by atoms with E-state index in [2.05, 4.69) is 20.4 Å². The van der Waals surface area contributed by atoms with Crippen molar-refractivity contribution in [3.63, 3.8) is 0 Å². The lowest BCUT2D eigenvalue weighted by molar-refractivity contribution is 0.144. The highest BCUT2D eigenvalue weighted by atomic mass is 32.1. The average molecular weight is 280 g/mol. The molecule has 0 radical (unpaired) electrons. The van der Waals surface area contributed by atoms with Crippen LogP contribution in [-0.2, 0) is 0 Å². The number of nitrogens with zero attached hydrogens (tertiary/aromatic N) is 3. The molecular formula is C13H20N4OS. The average Bonchev–Trinajstić information content (AvgIpc) is 2.91. The highest BCUT2D eigenvalue weighted by Gasteiger charge is 2.39. The highest BCUT2D eigenvalue weighted by Crippen LogP contribution is 2.35. The Kier molecular flexibility index (Phi) is 3.43. The fourth-order valence-electron chi connectivity index (χ4n) is 3.26. The van der Waals surface area contributed by atoms with Crippen LogP contribution in [0.2, 0.25) is 0 Å². The molecule has 1 aromatic rings. The summed E-state index contributed by atoms with van der Waals surface area (Å²) in [5, 5.41) is 13.0. The van der Waals surface area contributed by atoms with Crippen LogP contribution in [0.15, 0.2) is 0 Å². The van der Waals surface area contributed by atoms with E-state index in [1.807, 2.05) is 13.8 Å². The number of amides is 2. The zero-order valence-electron chi connectivity index (χ0n) is 11.4. The summed E-state index contributed by atoms with van der Waals surface area (Å²) in [7, 11) is 0. The fourth-order valence-corrected chi connectivity index (χ4v) is 3.96. The van der Waals surface area contributed by atoms with Crippen LogP contribution in [0, 0.1) is 6.92 Å². The van der Waals surface area contributed by atoms with E-state index in [0.717, 1.165) is 22.9 Å². The standard InChI is InChI=1S/C13H20N4OS/c1-8(12-16-15-9(2)19-12)14-13(18)17-10-4-3-5-11(17)7-6-10/h8,10-11H,3-7H2,1-2H3,(H,14,18). The first-order chi connectivity index (χ1) is 9.15. The van der Waals surface area contributed by atoms with Gasteiger partial charge in [-0.2, -0.15) is 0 Å². The number of carbonyl (C=O) groups is 1. The third kappa shape index (κ3) is 2.45. The van der Waals surface area contributed by atoms with Crippen molar-refractivity contribution in [3.05, 3.63) is 10.0 Å². The van der Waals surface area contributed by atoms with Crippen molar-refractivity contribution in [2.75, 3.05) is 0 Å². The van der Waals surface area contributed by atoms with E-state index in [0.29, 0.717) is 12.1 Å². The van der Waals surface area contributed by atoms with Gasteiger partial charge in [0, 0.05) is 12.1 Å². The second kappa shape index (κ2) is 5.07. The summed E-state index contributed by atoms with van der Waals surface area (Å²) >= 11 is 1.55. The molecule has 3 heterocycles. The smallest absolute Gasteiger partial charge is 0.318 e. The van der Waals surface area contributed by atoms with Gasteiger partial charge in [0.1, 0.15) is 10.0 Å². The molecule has 5 nitrogen and oxygen atoms in total. The molecule has 2 saturated heterocycles. The zero-order valence-corrected chi connectivity index (χ0v) is 12.2. The molecule has 1 aromatic heterocycles. The van der Waals surface area contributed by atoms with Gasteiger partial charge in [-0.3, -0.25) is 0 Å². The number of urea groups is 1. The molecule has 6 heteroatoms. The van der Waals surface area contributed by atoms with Crippen LogP contribution in [0.3, 0.4) is 0 Å². The van der Waals surface area contributed by atoms with Crippen molar-refractivity contribution < 1.29 is 4.79 Å². The maximum Gasteiger partial charge on any atom is 0.318 e. The molecule has 2 aliphatic rings. The lowest BCUT2D eigenvalue weighted by Crippen LogP contribution is -2.49. The van der Waals surface area contributed by atoms with Crippen LogP contribution in [0.25, 0.3) is 0 Å². The van der Waals surface area contributed by atoms with Gasteiger partial charge in [0.15, 0.2) is 0 Å². The van der Waals surface area contributed by atoms with E-state index >= 15 is 0 Å². The summed E-state index contributed by atoms with van der Waals surface area (Å²) in [5.41, 5.74) is 0. The maximum atomic E-state index is 12.4. The lowest BCUT2D eigenvalue weighted by atomic mass is 10.0. The first-order valence-electron chi connectivity index (χ1n) is 7.04. The Hall–Kier alpha value is -1.17. The third-order valence-corrected chi connectivity index (χ3v) is 5.20. The van der Waals surface area contributed by atoms with Gasteiger partial charge in [-0.15, -0.1) is 10.2 Å². The third-order valence-electron chi connectivity index (χ3n) is 4.18. The quantitative estimate of drug-likeness (QED) is 0.906. The van der Waals surface area contributed by atoms with E-state index in [1.54, 1.807) is 11.3 Å². The summed E-state index contributed by atoms with van der Waals surface area (Å²) in [5.74, 6) is 0. The number of hydrogen-bond acceptors (Lipinski definition) is 4. The molecule has 2 amide bonds. The molecule has 2 fully saturated rings. The second-order valence-corrected chi connectivity index (χ2v) is 6.77. The molecule has 19 heavy (non-hydrogen) atoms. The molecule has 3 unspecified atom stereocenters. The summed E-state index contributed by atoms with van der Waals surface area (Å²) in [6.45, 7) is 3.91. The van der Waals surface area contributed by atoms with E-state index in [9.17, 15) is 4.79 Å². The van der Waals surface area contributed by atoms with Gasteiger partial charge in [-0.1, -0.05) is 11.3 Å². The minimum atomic E-state index is -0.0555. The van der Waals surface area contributed by atoms with Crippen LogP contribution < -0.4 is 5.32 Å². The van der Waals surface area contributed by atoms with Crippen molar-refractivity contribution in [2.45, 2.75) is 64.1 Å². The Bertz CT molecular complexity index is 459. The predicted molar refractivity (Wildman–Crippen MR) is 74.1 cm³/mol. The first-order valence-corrected chi connectivity index (χ1v) is 7.85. The van der Waals surface area contributed by atoms with E-state index in [4.69, 9.17) is 0 Å². The molecule has 3 atom stereocenters. The molecule has 104 valence electrons. The monoisotopic (exact) mass is 280 g/mol. The number of aromatic nitrogens is 2. The Morgan fingerprint density at radius 1 is 1.32 bits per heavy atom. The Balaban J connectivity index is 1.65. The second-order valence-electron chi connectivity index (χ2n) is 5.55. The van der Waals surface area contributed by atoms with Crippen molar-refractivity contribution in [2.24, 2.45) is 0 Å². The number of nitrogens with one attached hydrogen (secondary N) is 1. The number of hydrogen-bond donors (Lipinski definition) is 1. The number of rotatable bonds is 2. The van der Waals surface area contributed by atoms with E-state index in [1.165, 1.54) is 19.3 Å². The van der Waals surface area contributed by atoms with E-state index in [-0.39, 0.29) is 12.1 Å². The molecule has 0 aromatic carbocycles. The van der Waals surface area contributed by atoms with Crippen LogP contribution in [0.4, 0.5) is 4.79 Å². The summed E-state index contributed by atoms with van der Waals surface area (Å²) in [6.07, 6.45) is 5.94. The minimum absolute atomic E-state index is 0.0555. The number of carbonyl (C=O) groups excluding carboxylic acids is 1. The number of piperidine rings is 1. The molecule has 1 N–H and O–H groups in total. The van der Waals surface area contributed by atoms with Gasteiger partial charge in [0.05, 0.1) is 6.04 Å². The molecular weight excluding hydrogens is 260 g/mol. The molecule has 2 bridgehead atoms. The van der Waals surface area contributed by atoms with Crippen LogP contribution in [-0.4, -0.2) is 33.2 Å². The first kappa shape index (κ1) is 12.8. The fraction of sp³-hybridized carbons (Fsp3) is 0.769. The van der Waals surface area contributed by atoms with E-state index < -0.39 is 0 Å². The van der Waals surface area contributed by atoms with Crippen LogP contribution >= 0.6 is 11.3 Å². The van der Waals surface area contributed by atoms with Crippen molar-refractivity contribution >= 4 is 17.4 Å². The van der Waals surface area contributed by atoms with Gasteiger partial charge < -0.3 is 10.2 Å². The van der Waals surface area contributed by atoms with Gasteiger partial charge in [-0.25, -0.2) is 4.79 Å². The Morgan fingerprint density at radius 3 is 2.58 bits per heavy atom. The molecule has 2 aliphatic heterocycles. The zero-order chi connectivity index (χ0) is 13.4. The van der Waals surface area contributed by atoms with Gasteiger partial charge in [0.25, 0.3) is 0 Å². The van der Waals surface area contributed by atoms with Gasteiger partial charge in [0.2, 0.25) is 0 Å². The largest absolute Gasteiger partial charge is 0.329 e. The number of fused-ring (bicyclic) bond motifs is 2. The Morgan fingerprint density at radius 2 is 2.00 bits per heavy atom. The molecule has 0 saturated carbocycles.